The van der Waals surface area contributed by atoms with Crippen LogP contribution in [0.15, 0.2) is 48.8 Å². The quantitative estimate of drug-likeness (QED) is 0.642. The first-order valence-electron chi connectivity index (χ1n) is 10.6. The minimum absolute atomic E-state index is 0.113. The SMILES string of the molecule is CN(CCO)C(=O)c1ccc2c(c1)N(c1ncc(-c3ccc(F)c(F)c3)cn1)CC21COC1. The van der Waals surface area contributed by atoms with Crippen LogP contribution >= 0.6 is 0 Å². The Balaban J connectivity index is 1.49. The maximum atomic E-state index is 13.6. The van der Waals surface area contributed by atoms with Gasteiger partial charge in [-0.15, -0.1) is 0 Å². The topological polar surface area (TPSA) is 78.8 Å². The number of aliphatic hydroxyl groups is 1. The second-order valence-corrected chi connectivity index (χ2v) is 8.44. The molecule has 1 aromatic heterocycles. The molecule has 1 saturated heterocycles. The van der Waals surface area contributed by atoms with Crippen LogP contribution in [0.25, 0.3) is 11.1 Å². The van der Waals surface area contributed by atoms with Crippen LogP contribution in [0.1, 0.15) is 15.9 Å². The van der Waals surface area contributed by atoms with Gasteiger partial charge in [0.15, 0.2) is 11.6 Å². The Morgan fingerprint density at radius 3 is 2.52 bits per heavy atom. The number of rotatable bonds is 5. The van der Waals surface area contributed by atoms with Crippen LogP contribution in [0.4, 0.5) is 20.4 Å². The van der Waals surface area contributed by atoms with Crippen molar-refractivity contribution in [3.63, 3.8) is 0 Å². The van der Waals surface area contributed by atoms with Crippen molar-refractivity contribution in [2.24, 2.45) is 0 Å². The highest BCUT2D eigenvalue weighted by Crippen LogP contribution is 2.47. The molecule has 1 spiro atoms. The van der Waals surface area contributed by atoms with Crippen LogP contribution in [0, 0.1) is 11.6 Å². The van der Waals surface area contributed by atoms with Gasteiger partial charge >= 0.3 is 0 Å². The number of benzene rings is 2. The number of aliphatic hydroxyl groups excluding tert-OH is 1. The van der Waals surface area contributed by atoms with E-state index >= 15 is 0 Å². The predicted molar refractivity (Wildman–Crippen MR) is 117 cm³/mol. The molecular formula is C24H22F2N4O3. The number of likely N-dealkylation sites (N-methyl/N-ethyl adjacent to an activating group) is 1. The summed E-state index contributed by atoms with van der Waals surface area (Å²) in [5.74, 6) is -1.58. The lowest BCUT2D eigenvalue weighted by Crippen LogP contribution is -2.49. The zero-order valence-corrected chi connectivity index (χ0v) is 18.0. The molecule has 0 bridgehead atoms. The molecule has 3 aromatic rings. The number of hydrogen-bond donors (Lipinski definition) is 1. The summed E-state index contributed by atoms with van der Waals surface area (Å²) in [5, 5.41) is 9.15. The van der Waals surface area contributed by atoms with Crippen LogP contribution in [0.2, 0.25) is 0 Å². The molecule has 0 saturated carbocycles. The molecule has 0 aliphatic carbocycles. The van der Waals surface area contributed by atoms with E-state index in [1.54, 1.807) is 25.5 Å². The number of nitrogens with zero attached hydrogens (tertiary/aromatic N) is 4. The van der Waals surface area contributed by atoms with Gasteiger partial charge in [-0.05, 0) is 35.4 Å². The lowest BCUT2D eigenvalue weighted by Gasteiger charge is -2.38. The number of fused-ring (bicyclic) bond motifs is 2. The first-order chi connectivity index (χ1) is 15.9. The number of carbonyl (C=O) groups is 1. The fourth-order valence-electron chi connectivity index (χ4n) is 4.34. The summed E-state index contributed by atoms with van der Waals surface area (Å²) in [7, 11) is 1.64. The zero-order valence-electron chi connectivity index (χ0n) is 18.0. The summed E-state index contributed by atoms with van der Waals surface area (Å²) in [6.07, 6.45) is 3.14. The number of aromatic nitrogens is 2. The van der Waals surface area contributed by atoms with Gasteiger partial charge in [0, 0.05) is 49.3 Å². The second-order valence-electron chi connectivity index (χ2n) is 8.44. The van der Waals surface area contributed by atoms with Crippen LogP contribution in [0.5, 0.6) is 0 Å². The molecule has 2 aliphatic heterocycles. The van der Waals surface area contributed by atoms with E-state index in [2.05, 4.69) is 9.97 Å². The Morgan fingerprint density at radius 2 is 1.88 bits per heavy atom. The lowest BCUT2D eigenvalue weighted by molar-refractivity contribution is -0.0507. The molecule has 9 heteroatoms. The van der Waals surface area contributed by atoms with Gasteiger partial charge in [0.25, 0.3) is 5.91 Å². The zero-order chi connectivity index (χ0) is 23.2. The Kier molecular flexibility index (Phi) is 5.30. The average molecular weight is 452 g/mol. The maximum Gasteiger partial charge on any atom is 0.253 e. The van der Waals surface area contributed by atoms with Gasteiger partial charge < -0.3 is 19.6 Å². The van der Waals surface area contributed by atoms with E-state index < -0.39 is 11.6 Å². The van der Waals surface area contributed by atoms with E-state index in [1.807, 2.05) is 17.0 Å². The van der Waals surface area contributed by atoms with Crippen molar-refractivity contribution in [2.45, 2.75) is 5.41 Å². The van der Waals surface area contributed by atoms with E-state index in [0.29, 0.717) is 42.4 Å². The molecule has 3 heterocycles. The minimum Gasteiger partial charge on any atom is -0.395 e. The highest BCUT2D eigenvalue weighted by Gasteiger charge is 2.49. The maximum absolute atomic E-state index is 13.6. The standard InChI is InChI=1S/C24H22F2N4O3/c1-29(6-7-31)22(32)16-2-4-18-21(9-16)30(12-24(18)13-33-14-24)23-27-10-17(11-28-23)15-3-5-19(25)20(26)8-15/h2-5,8-11,31H,6-7,12-14H2,1H3. The first kappa shape index (κ1) is 21.4. The second kappa shape index (κ2) is 8.17. The third-order valence-corrected chi connectivity index (χ3v) is 6.24. The molecule has 2 aromatic carbocycles. The van der Waals surface area contributed by atoms with Crippen LogP contribution in [0.3, 0.4) is 0 Å². The van der Waals surface area contributed by atoms with Crippen molar-refractivity contribution in [2.75, 3.05) is 44.9 Å². The normalized spacial score (nSPS) is 15.9. The molecule has 2 aliphatic rings. The number of hydrogen-bond acceptors (Lipinski definition) is 6. The van der Waals surface area contributed by atoms with E-state index in [9.17, 15) is 13.6 Å². The van der Waals surface area contributed by atoms with Gasteiger partial charge in [-0.2, -0.15) is 0 Å². The number of carbonyl (C=O) groups excluding carboxylic acids is 1. The molecule has 0 atom stereocenters. The summed E-state index contributed by atoms with van der Waals surface area (Å²) >= 11 is 0. The van der Waals surface area contributed by atoms with Gasteiger partial charge in [-0.3, -0.25) is 4.79 Å². The number of anilines is 2. The van der Waals surface area contributed by atoms with Gasteiger partial charge in [0.05, 0.1) is 25.2 Å². The van der Waals surface area contributed by atoms with E-state index in [0.717, 1.165) is 23.4 Å². The molecule has 7 nitrogen and oxygen atoms in total. The summed E-state index contributed by atoms with van der Waals surface area (Å²) in [6.45, 7) is 1.88. The third-order valence-electron chi connectivity index (χ3n) is 6.24. The summed E-state index contributed by atoms with van der Waals surface area (Å²) in [4.78, 5) is 25.1. The van der Waals surface area contributed by atoms with Gasteiger partial charge in [0.1, 0.15) is 0 Å². The van der Waals surface area contributed by atoms with Crippen LogP contribution < -0.4 is 4.90 Å². The summed E-state index contributed by atoms with van der Waals surface area (Å²) in [5.41, 5.74) is 3.27. The van der Waals surface area contributed by atoms with Crippen molar-refractivity contribution < 1.29 is 23.4 Å². The van der Waals surface area contributed by atoms with E-state index in [4.69, 9.17) is 9.84 Å². The molecule has 170 valence electrons. The highest BCUT2D eigenvalue weighted by atomic mass is 19.2. The molecule has 5 rings (SSSR count). The van der Waals surface area contributed by atoms with E-state index in [-0.39, 0.29) is 24.5 Å². The molecule has 0 radical (unpaired) electrons. The van der Waals surface area contributed by atoms with Gasteiger partial charge in [-0.25, -0.2) is 18.7 Å². The Hall–Kier alpha value is -3.43. The Morgan fingerprint density at radius 1 is 1.12 bits per heavy atom. The number of ether oxygens (including phenoxy) is 1. The van der Waals surface area contributed by atoms with Gasteiger partial charge in [0.2, 0.25) is 5.95 Å². The smallest absolute Gasteiger partial charge is 0.253 e. The monoisotopic (exact) mass is 452 g/mol. The van der Waals surface area contributed by atoms with Crippen molar-refractivity contribution >= 4 is 17.5 Å². The predicted octanol–water partition coefficient (Wildman–Crippen LogP) is 2.91. The first-order valence-corrected chi connectivity index (χ1v) is 10.6. The van der Waals surface area contributed by atoms with Crippen LogP contribution in [-0.4, -0.2) is 65.8 Å². The Bertz CT molecular complexity index is 1210. The van der Waals surface area contributed by atoms with Crippen molar-refractivity contribution in [1.82, 2.24) is 14.9 Å². The van der Waals surface area contributed by atoms with Crippen LogP contribution in [-0.2, 0) is 10.2 Å². The number of amides is 1. The summed E-state index contributed by atoms with van der Waals surface area (Å²) < 4.78 is 32.4. The van der Waals surface area contributed by atoms with Crippen molar-refractivity contribution in [3.8, 4) is 11.1 Å². The van der Waals surface area contributed by atoms with Gasteiger partial charge in [-0.1, -0.05) is 12.1 Å². The largest absolute Gasteiger partial charge is 0.395 e. The molecule has 1 amide bonds. The van der Waals surface area contributed by atoms with Crippen molar-refractivity contribution in [1.29, 1.82) is 0 Å². The number of halogens is 2. The summed E-state index contributed by atoms with van der Waals surface area (Å²) in [6, 6.07) is 9.23. The molecule has 1 N–H and O–H groups in total. The molecular weight excluding hydrogens is 430 g/mol. The Labute approximate surface area is 189 Å². The molecule has 33 heavy (non-hydrogen) atoms. The average Bonchev–Trinajstić information content (AvgIpc) is 3.16. The van der Waals surface area contributed by atoms with E-state index in [1.165, 1.54) is 11.0 Å². The highest BCUT2D eigenvalue weighted by molar-refractivity contribution is 5.96. The fraction of sp³-hybridized carbons (Fsp3) is 0.292. The molecule has 1 fully saturated rings. The fourth-order valence-corrected chi connectivity index (χ4v) is 4.34. The van der Waals surface area contributed by atoms with Crippen molar-refractivity contribution in [3.05, 3.63) is 71.6 Å². The minimum atomic E-state index is -0.930. The lowest BCUT2D eigenvalue weighted by atomic mass is 9.80. The molecule has 0 unspecified atom stereocenters. The third kappa shape index (κ3) is 3.63.